The molecule has 1 aliphatic heterocycles. The van der Waals surface area contributed by atoms with Gasteiger partial charge in [-0.05, 0) is 63.4 Å². The van der Waals surface area contributed by atoms with Crippen molar-refractivity contribution in [2.45, 2.75) is 46.7 Å². The quantitative estimate of drug-likeness (QED) is 0.873. The average Bonchev–Trinajstić information content (AvgIpc) is 3.03. The van der Waals surface area contributed by atoms with Crippen LogP contribution in [0.4, 0.5) is 5.69 Å². The van der Waals surface area contributed by atoms with Gasteiger partial charge in [0.2, 0.25) is 0 Å². The molecule has 2 N–H and O–H groups in total. The Hall–Kier alpha value is -3.07. The highest BCUT2D eigenvalue weighted by atomic mass is 16.1. The molecule has 1 aromatic heterocycles. The summed E-state index contributed by atoms with van der Waals surface area (Å²) in [5.41, 5.74) is 4.91. The van der Waals surface area contributed by atoms with Gasteiger partial charge in [-0.15, -0.1) is 0 Å². The van der Waals surface area contributed by atoms with Crippen molar-refractivity contribution in [1.29, 1.82) is 5.26 Å². The van der Waals surface area contributed by atoms with Crippen LogP contribution in [0.5, 0.6) is 0 Å². The molecule has 0 aliphatic carbocycles. The number of fused-ring (bicyclic) bond motifs is 1. The van der Waals surface area contributed by atoms with Crippen molar-refractivity contribution in [2.24, 2.45) is 0 Å². The van der Waals surface area contributed by atoms with Crippen molar-refractivity contribution in [3.05, 3.63) is 62.1 Å². The first-order valence-electron chi connectivity index (χ1n) is 9.13. The number of anilines is 1. The minimum absolute atomic E-state index is 0.153. The predicted molar refractivity (Wildman–Crippen MR) is 105 cm³/mol. The number of aromatic nitrogens is 1. The topological polar surface area (TPSA) is 89.0 Å². The number of benzene rings is 1. The molecule has 0 fully saturated rings. The predicted octanol–water partition coefficient (Wildman–Crippen LogP) is 2.56. The third-order valence-corrected chi connectivity index (χ3v) is 5.06. The smallest absolute Gasteiger partial charge is 0.253 e. The van der Waals surface area contributed by atoms with E-state index in [1.807, 2.05) is 26.0 Å². The van der Waals surface area contributed by atoms with Crippen molar-refractivity contribution in [3.63, 3.8) is 0 Å². The standard InChI is InChI=1S/C21H24N4O2/c1-12(2)25-6-5-16-17(8-15(10-22)9-19(16)25)20(26)23-11-18-13(3)7-14(4)24-21(18)27/h7-9,12H,5-6,11H2,1-4H3,(H,23,26)(H,24,27). The fourth-order valence-electron chi connectivity index (χ4n) is 3.70. The number of nitriles is 1. The van der Waals surface area contributed by atoms with E-state index in [1.54, 1.807) is 6.07 Å². The number of H-pyrrole nitrogens is 1. The maximum atomic E-state index is 12.9. The van der Waals surface area contributed by atoms with Crippen LogP contribution in [-0.2, 0) is 13.0 Å². The zero-order valence-corrected chi connectivity index (χ0v) is 16.1. The number of nitrogens with one attached hydrogen (secondary N) is 2. The highest BCUT2D eigenvalue weighted by Gasteiger charge is 2.27. The normalized spacial score (nSPS) is 12.8. The summed E-state index contributed by atoms with van der Waals surface area (Å²) in [5.74, 6) is -0.256. The van der Waals surface area contributed by atoms with Crippen LogP contribution < -0.4 is 15.8 Å². The van der Waals surface area contributed by atoms with Crippen molar-refractivity contribution < 1.29 is 4.79 Å². The van der Waals surface area contributed by atoms with Gasteiger partial charge < -0.3 is 15.2 Å². The second-order valence-corrected chi connectivity index (χ2v) is 7.30. The third kappa shape index (κ3) is 3.59. The maximum Gasteiger partial charge on any atom is 0.253 e. The van der Waals surface area contributed by atoms with E-state index in [4.69, 9.17) is 0 Å². The Bertz CT molecular complexity index is 998. The minimum atomic E-state index is -0.256. The molecule has 3 rings (SSSR count). The summed E-state index contributed by atoms with van der Waals surface area (Å²) in [6, 6.07) is 7.83. The van der Waals surface area contributed by atoms with Gasteiger partial charge in [0.1, 0.15) is 0 Å². The van der Waals surface area contributed by atoms with Crippen molar-refractivity contribution in [1.82, 2.24) is 10.3 Å². The molecule has 1 aliphatic rings. The Morgan fingerprint density at radius 3 is 2.70 bits per heavy atom. The van der Waals surface area contributed by atoms with E-state index in [-0.39, 0.29) is 18.0 Å². The van der Waals surface area contributed by atoms with Gasteiger partial charge in [-0.3, -0.25) is 9.59 Å². The number of aromatic amines is 1. The van der Waals surface area contributed by atoms with Gasteiger partial charge in [-0.1, -0.05) is 0 Å². The lowest BCUT2D eigenvalue weighted by molar-refractivity contribution is 0.0950. The molecular weight excluding hydrogens is 340 g/mol. The first kappa shape index (κ1) is 18.7. The van der Waals surface area contributed by atoms with Crippen molar-refractivity contribution in [3.8, 4) is 6.07 Å². The largest absolute Gasteiger partial charge is 0.368 e. The molecule has 27 heavy (non-hydrogen) atoms. The molecule has 6 nitrogen and oxygen atoms in total. The lowest BCUT2D eigenvalue weighted by atomic mass is 10.0. The third-order valence-electron chi connectivity index (χ3n) is 5.06. The molecule has 0 radical (unpaired) electrons. The SMILES string of the molecule is Cc1cc(C)c(CNC(=O)c2cc(C#N)cc3c2CCN3C(C)C)c(=O)[nH]1. The molecule has 0 saturated heterocycles. The molecule has 0 atom stereocenters. The number of rotatable bonds is 4. The van der Waals surface area contributed by atoms with E-state index >= 15 is 0 Å². The summed E-state index contributed by atoms with van der Waals surface area (Å²) in [7, 11) is 0. The molecule has 1 amide bonds. The number of amides is 1. The Balaban J connectivity index is 1.90. The Labute approximate surface area is 158 Å². The number of carbonyl (C=O) groups excluding carboxylic acids is 1. The summed E-state index contributed by atoms with van der Waals surface area (Å²) in [4.78, 5) is 30.0. The van der Waals surface area contributed by atoms with Crippen molar-refractivity contribution >= 4 is 11.6 Å². The van der Waals surface area contributed by atoms with Gasteiger partial charge in [0.05, 0.1) is 11.6 Å². The lowest BCUT2D eigenvalue weighted by Crippen LogP contribution is -2.29. The van der Waals surface area contributed by atoms with Crippen LogP contribution >= 0.6 is 0 Å². The molecular formula is C21H24N4O2. The summed E-state index contributed by atoms with van der Waals surface area (Å²) in [5, 5.41) is 12.2. The van der Waals surface area contributed by atoms with Gasteiger partial charge in [0.25, 0.3) is 11.5 Å². The zero-order valence-electron chi connectivity index (χ0n) is 16.1. The number of hydrogen-bond donors (Lipinski definition) is 2. The van der Waals surface area contributed by atoms with Crippen LogP contribution in [0, 0.1) is 25.2 Å². The molecule has 0 saturated carbocycles. The molecule has 6 heteroatoms. The summed E-state index contributed by atoms with van der Waals surface area (Å²) < 4.78 is 0. The maximum absolute atomic E-state index is 12.9. The van der Waals surface area contributed by atoms with E-state index in [2.05, 4.69) is 35.1 Å². The van der Waals surface area contributed by atoms with Gasteiger partial charge >= 0.3 is 0 Å². The fraction of sp³-hybridized carbons (Fsp3) is 0.381. The monoisotopic (exact) mass is 364 g/mol. The Morgan fingerprint density at radius 2 is 2.07 bits per heavy atom. The molecule has 1 aromatic carbocycles. The first-order valence-corrected chi connectivity index (χ1v) is 9.13. The van der Waals surface area contributed by atoms with Gasteiger partial charge in [-0.2, -0.15) is 5.26 Å². The van der Waals surface area contributed by atoms with E-state index < -0.39 is 0 Å². The van der Waals surface area contributed by atoms with Crippen LogP contribution in [0.3, 0.4) is 0 Å². The van der Waals surface area contributed by atoms with E-state index in [9.17, 15) is 14.9 Å². The highest BCUT2D eigenvalue weighted by Crippen LogP contribution is 2.33. The second kappa shape index (κ2) is 7.28. The molecule has 0 bridgehead atoms. The van der Waals surface area contributed by atoms with E-state index in [1.165, 1.54) is 0 Å². The lowest BCUT2D eigenvalue weighted by Gasteiger charge is -2.24. The van der Waals surface area contributed by atoms with Gasteiger partial charge in [0, 0.05) is 41.6 Å². The average molecular weight is 364 g/mol. The summed E-state index contributed by atoms with van der Waals surface area (Å²) in [6.45, 7) is 8.87. The Kier molecular flexibility index (Phi) is 5.04. The minimum Gasteiger partial charge on any atom is -0.368 e. The molecule has 2 heterocycles. The second-order valence-electron chi connectivity index (χ2n) is 7.30. The van der Waals surface area contributed by atoms with E-state index in [0.717, 1.165) is 35.5 Å². The van der Waals surface area contributed by atoms with Crippen molar-refractivity contribution in [2.75, 3.05) is 11.4 Å². The fourth-order valence-corrected chi connectivity index (χ4v) is 3.70. The van der Waals surface area contributed by atoms with Crippen LogP contribution in [0.15, 0.2) is 23.0 Å². The molecule has 140 valence electrons. The molecule has 0 spiro atoms. The first-order chi connectivity index (χ1) is 12.8. The number of hydrogen-bond acceptors (Lipinski definition) is 4. The van der Waals surface area contributed by atoms with E-state index in [0.29, 0.717) is 22.7 Å². The van der Waals surface area contributed by atoms with Gasteiger partial charge in [-0.25, -0.2) is 0 Å². The highest BCUT2D eigenvalue weighted by molar-refractivity contribution is 5.98. The number of carbonyl (C=O) groups is 1. The molecule has 2 aromatic rings. The Morgan fingerprint density at radius 1 is 1.33 bits per heavy atom. The summed E-state index contributed by atoms with van der Waals surface area (Å²) >= 11 is 0. The van der Waals surface area contributed by atoms with Crippen LogP contribution in [0.25, 0.3) is 0 Å². The molecule has 0 unspecified atom stereocenters. The van der Waals surface area contributed by atoms with Gasteiger partial charge in [0.15, 0.2) is 0 Å². The zero-order chi connectivity index (χ0) is 19.7. The summed E-state index contributed by atoms with van der Waals surface area (Å²) in [6.07, 6.45) is 0.770. The van der Waals surface area contributed by atoms with Crippen LogP contribution in [-0.4, -0.2) is 23.5 Å². The van der Waals surface area contributed by atoms with Crippen LogP contribution in [0.1, 0.15) is 52.2 Å². The number of pyridine rings is 1. The number of aryl methyl sites for hydroxylation is 2. The van der Waals surface area contributed by atoms with Crippen LogP contribution in [0.2, 0.25) is 0 Å². The number of nitrogens with zero attached hydrogens (tertiary/aromatic N) is 2.